The number of aromatic nitrogens is 1. The third-order valence-corrected chi connectivity index (χ3v) is 3.97. The van der Waals surface area contributed by atoms with Crippen molar-refractivity contribution in [2.75, 3.05) is 0 Å². The normalized spacial score (nSPS) is 16.8. The molecule has 8 heteroatoms. The van der Waals surface area contributed by atoms with Crippen molar-refractivity contribution in [2.45, 2.75) is 25.8 Å². The lowest BCUT2D eigenvalue weighted by molar-refractivity contribution is -0.128. The Hall–Kier alpha value is -3.55. The number of rotatable bonds is 6. The molecule has 0 aliphatic carbocycles. The number of amidine groups is 1. The summed E-state index contributed by atoms with van der Waals surface area (Å²) in [6, 6.07) is 12.6. The van der Waals surface area contributed by atoms with Gasteiger partial charge in [-0.2, -0.15) is 5.10 Å². The summed E-state index contributed by atoms with van der Waals surface area (Å²) in [4.78, 5) is 32.5. The number of hydrazone groups is 1. The largest absolute Gasteiger partial charge is 0.285 e. The molecule has 1 aliphatic rings. The summed E-state index contributed by atoms with van der Waals surface area (Å²) in [6.45, 7) is 1.77. The van der Waals surface area contributed by atoms with Crippen molar-refractivity contribution < 1.29 is 9.59 Å². The van der Waals surface area contributed by atoms with Gasteiger partial charge in [-0.25, -0.2) is 5.43 Å². The standard InChI is InChI=1S/C19H20N6O2/c1-13(15-8-5-9-20-12-15)22-24-18(26)11-16-19(27)25-23-17(21-16)10-14-6-3-2-4-7-14/h2-9,12,16H,10-11H2,1H3,(H,21,23)(H,24,26)(H,25,27)/t16-/m1/s1. The van der Waals surface area contributed by atoms with Gasteiger partial charge in [-0.15, -0.1) is 0 Å². The van der Waals surface area contributed by atoms with Crippen molar-refractivity contribution in [3.8, 4) is 0 Å². The highest BCUT2D eigenvalue weighted by atomic mass is 16.2. The highest BCUT2D eigenvalue weighted by molar-refractivity contribution is 5.99. The van der Waals surface area contributed by atoms with Crippen molar-refractivity contribution in [3.05, 3.63) is 66.0 Å². The Labute approximate surface area is 156 Å². The highest BCUT2D eigenvalue weighted by Gasteiger charge is 2.25. The number of nitrogens with one attached hydrogen (secondary N) is 3. The zero-order valence-electron chi connectivity index (χ0n) is 14.8. The fourth-order valence-corrected chi connectivity index (χ4v) is 2.52. The number of benzene rings is 1. The van der Waals surface area contributed by atoms with Crippen LogP contribution in [0.2, 0.25) is 0 Å². The molecule has 8 nitrogen and oxygen atoms in total. The molecular formula is C19H20N6O2. The Morgan fingerprint density at radius 1 is 1.19 bits per heavy atom. The van der Waals surface area contributed by atoms with Crippen LogP contribution in [0.3, 0.4) is 0 Å². The second-order valence-electron chi connectivity index (χ2n) is 6.05. The molecule has 0 fully saturated rings. The topological polar surface area (TPSA) is 108 Å². The van der Waals surface area contributed by atoms with Crippen molar-refractivity contribution in [1.29, 1.82) is 0 Å². The second kappa shape index (κ2) is 8.70. The van der Waals surface area contributed by atoms with Gasteiger partial charge in [-0.1, -0.05) is 36.4 Å². The van der Waals surface area contributed by atoms with E-state index in [0.717, 1.165) is 11.1 Å². The number of hydrogen-bond acceptors (Lipinski definition) is 6. The lowest BCUT2D eigenvalue weighted by atomic mass is 10.1. The van der Waals surface area contributed by atoms with E-state index in [1.54, 1.807) is 25.4 Å². The van der Waals surface area contributed by atoms with E-state index in [1.165, 1.54) is 0 Å². The monoisotopic (exact) mass is 364 g/mol. The van der Waals surface area contributed by atoms with Crippen molar-refractivity contribution >= 4 is 23.4 Å². The van der Waals surface area contributed by atoms with Gasteiger partial charge >= 0.3 is 0 Å². The van der Waals surface area contributed by atoms with E-state index in [2.05, 4.69) is 31.4 Å². The molecule has 0 saturated carbocycles. The number of nitrogens with zero attached hydrogens (tertiary/aromatic N) is 3. The summed E-state index contributed by atoms with van der Waals surface area (Å²) >= 11 is 0. The molecule has 1 aromatic carbocycles. The van der Waals surface area contributed by atoms with Gasteiger partial charge in [-0.3, -0.25) is 30.4 Å². The van der Waals surface area contributed by atoms with Crippen LogP contribution in [0.5, 0.6) is 0 Å². The number of aliphatic imine (C=N–C) groups is 1. The summed E-state index contributed by atoms with van der Waals surface area (Å²) in [7, 11) is 0. The van der Waals surface area contributed by atoms with Crippen LogP contribution in [0.4, 0.5) is 0 Å². The smallest absolute Gasteiger partial charge is 0.263 e. The molecule has 3 N–H and O–H groups in total. The van der Waals surface area contributed by atoms with Crippen LogP contribution >= 0.6 is 0 Å². The van der Waals surface area contributed by atoms with Crippen molar-refractivity contribution in [2.24, 2.45) is 10.1 Å². The molecule has 0 spiro atoms. The van der Waals surface area contributed by atoms with E-state index in [-0.39, 0.29) is 18.2 Å². The maximum absolute atomic E-state index is 12.2. The second-order valence-corrected chi connectivity index (χ2v) is 6.05. The molecule has 0 radical (unpaired) electrons. The molecule has 2 aromatic rings. The quantitative estimate of drug-likeness (QED) is 0.524. The molecule has 0 unspecified atom stereocenters. The molecule has 27 heavy (non-hydrogen) atoms. The van der Waals surface area contributed by atoms with Crippen LogP contribution < -0.4 is 16.3 Å². The van der Waals surface area contributed by atoms with Crippen molar-refractivity contribution in [1.82, 2.24) is 21.3 Å². The first-order valence-electron chi connectivity index (χ1n) is 8.52. The minimum Gasteiger partial charge on any atom is -0.285 e. The number of carbonyl (C=O) groups excluding carboxylic acids is 2. The molecule has 1 aromatic heterocycles. The Morgan fingerprint density at radius 3 is 2.74 bits per heavy atom. The number of amides is 2. The fourth-order valence-electron chi connectivity index (χ4n) is 2.52. The maximum Gasteiger partial charge on any atom is 0.263 e. The van der Waals surface area contributed by atoms with Gasteiger partial charge in [-0.05, 0) is 18.6 Å². The average molecular weight is 364 g/mol. The van der Waals surface area contributed by atoms with Gasteiger partial charge in [0.25, 0.3) is 5.91 Å². The summed E-state index contributed by atoms with van der Waals surface area (Å²) < 4.78 is 0. The van der Waals surface area contributed by atoms with Gasteiger partial charge in [0.1, 0.15) is 11.9 Å². The summed E-state index contributed by atoms with van der Waals surface area (Å²) in [5.41, 5.74) is 10.3. The Morgan fingerprint density at radius 2 is 2.00 bits per heavy atom. The van der Waals surface area contributed by atoms with Crippen LogP contribution in [-0.2, 0) is 16.0 Å². The van der Waals surface area contributed by atoms with E-state index < -0.39 is 6.04 Å². The molecule has 3 rings (SSSR count). The number of pyridine rings is 1. The predicted molar refractivity (Wildman–Crippen MR) is 102 cm³/mol. The van der Waals surface area contributed by atoms with Gasteiger partial charge in [0.15, 0.2) is 0 Å². The highest BCUT2D eigenvalue weighted by Crippen LogP contribution is 2.07. The Balaban J connectivity index is 1.60. The Kier molecular flexibility index (Phi) is 5.88. The maximum atomic E-state index is 12.2. The first-order valence-corrected chi connectivity index (χ1v) is 8.52. The lowest BCUT2D eigenvalue weighted by Gasteiger charge is -2.21. The zero-order valence-corrected chi connectivity index (χ0v) is 14.8. The van der Waals surface area contributed by atoms with Gasteiger partial charge in [0.2, 0.25) is 5.91 Å². The van der Waals surface area contributed by atoms with Crippen molar-refractivity contribution in [3.63, 3.8) is 0 Å². The summed E-state index contributed by atoms with van der Waals surface area (Å²) in [5.74, 6) is -0.133. The van der Waals surface area contributed by atoms with E-state index in [1.807, 2.05) is 36.4 Å². The molecule has 138 valence electrons. The fraction of sp³-hybridized carbons (Fsp3) is 0.211. The summed E-state index contributed by atoms with van der Waals surface area (Å²) in [5, 5.41) is 4.05. The first kappa shape index (κ1) is 18.2. The minimum absolute atomic E-state index is 0.0877. The van der Waals surface area contributed by atoms with Crippen LogP contribution in [0.15, 0.2) is 65.0 Å². The van der Waals surface area contributed by atoms with E-state index in [9.17, 15) is 9.59 Å². The third-order valence-electron chi connectivity index (χ3n) is 3.97. The zero-order chi connectivity index (χ0) is 19.1. The van der Waals surface area contributed by atoms with E-state index in [0.29, 0.717) is 18.0 Å². The van der Waals surface area contributed by atoms with Crippen LogP contribution in [0.25, 0.3) is 0 Å². The molecule has 0 saturated heterocycles. The number of carbonyl (C=O) groups is 2. The SMILES string of the molecule is CC(=NNC(=O)C[C@H]1N=C(Cc2ccccc2)NNC1=O)c1cccnc1. The molecule has 2 heterocycles. The first-order chi connectivity index (χ1) is 13.1. The van der Waals surface area contributed by atoms with E-state index in [4.69, 9.17) is 0 Å². The third kappa shape index (κ3) is 5.21. The molecule has 1 atom stereocenters. The average Bonchev–Trinajstić information content (AvgIpc) is 2.70. The Bertz CT molecular complexity index is 864. The van der Waals surface area contributed by atoms with Crippen LogP contribution in [-0.4, -0.2) is 34.4 Å². The minimum atomic E-state index is -0.793. The van der Waals surface area contributed by atoms with Gasteiger partial charge < -0.3 is 0 Å². The molecule has 0 bridgehead atoms. The summed E-state index contributed by atoms with van der Waals surface area (Å²) in [6.07, 6.45) is 3.77. The van der Waals surface area contributed by atoms with E-state index >= 15 is 0 Å². The predicted octanol–water partition coefficient (Wildman–Crippen LogP) is 0.956. The number of hydrogen-bond donors (Lipinski definition) is 3. The number of hydrazine groups is 1. The lowest BCUT2D eigenvalue weighted by Crippen LogP contribution is -2.52. The van der Waals surface area contributed by atoms with Gasteiger partial charge in [0.05, 0.1) is 12.1 Å². The molecular weight excluding hydrogens is 344 g/mol. The molecule has 2 amide bonds. The van der Waals surface area contributed by atoms with Crippen LogP contribution in [0, 0.1) is 0 Å². The molecule has 1 aliphatic heterocycles. The van der Waals surface area contributed by atoms with Crippen LogP contribution in [0.1, 0.15) is 24.5 Å². The van der Waals surface area contributed by atoms with Gasteiger partial charge in [0, 0.05) is 24.4 Å².